The van der Waals surface area contributed by atoms with Gasteiger partial charge in [-0.2, -0.15) is 0 Å². The van der Waals surface area contributed by atoms with E-state index in [1.165, 1.54) is 6.42 Å². The minimum atomic E-state index is -0.465. The number of anilines is 1. The van der Waals surface area contributed by atoms with Crippen molar-refractivity contribution in [3.05, 3.63) is 44.1 Å². The van der Waals surface area contributed by atoms with Gasteiger partial charge in [0.1, 0.15) is 0 Å². The van der Waals surface area contributed by atoms with Gasteiger partial charge in [-0.1, -0.05) is 45.6 Å². The number of aliphatic hydroxyl groups is 1. The van der Waals surface area contributed by atoms with Crippen molar-refractivity contribution in [2.45, 2.75) is 85.8 Å². The van der Waals surface area contributed by atoms with Crippen LogP contribution in [-0.2, 0) is 4.79 Å². The highest BCUT2D eigenvalue weighted by Crippen LogP contribution is 2.38. The molecule has 1 aromatic carbocycles. The van der Waals surface area contributed by atoms with Gasteiger partial charge >= 0.3 is 0 Å². The fraction of sp³-hybridized carbons (Fsp3) is 0.350. The van der Waals surface area contributed by atoms with E-state index in [0.717, 1.165) is 29.4 Å². The summed E-state index contributed by atoms with van der Waals surface area (Å²) in [6.07, 6.45) is 4.09. The molecule has 0 aliphatic heterocycles. The summed E-state index contributed by atoms with van der Waals surface area (Å²) in [7, 11) is 0. The van der Waals surface area contributed by atoms with Gasteiger partial charge in [-0.3, -0.25) is 10.1 Å². The van der Waals surface area contributed by atoms with Crippen molar-refractivity contribution < 1.29 is 25.6 Å². The summed E-state index contributed by atoms with van der Waals surface area (Å²) < 4.78 is 2.16. The summed E-state index contributed by atoms with van der Waals surface area (Å²) in [5.74, 6) is 46.2. The minimum Gasteiger partial charge on any atom is -0.388 e. The number of nitrogens with zero attached hydrogens (tertiary/aromatic N) is 4. The number of carbonyl (C=O) groups is 1. The molecule has 0 spiro atoms. The van der Waals surface area contributed by atoms with Gasteiger partial charge < -0.3 is 9.67 Å². The zero-order valence-electron chi connectivity index (χ0n) is 28.9. The molecule has 1 atom stereocenters. The highest BCUT2D eigenvalue weighted by Gasteiger charge is 2.26. The molecule has 2 aromatic rings. The number of carbonyl (C=O) groups excluding carboxylic acids is 1. The lowest BCUT2D eigenvalue weighted by atomic mass is 9.92. The summed E-state index contributed by atoms with van der Waals surface area (Å²) in [6, 6.07) is 6.27. The first-order valence-electron chi connectivity index (χ1n) is 15.1. The normalized spacial score (nSPS) is 10.1. The molecular weight excluding hydrogens is 628 g/mol. The Morgan fingerprint density at radius 3 is 1.70 bits per heavy atom. The van der Waals surface area contributed by atoms with Crippen molar-refractivity contribution in [3.63, 3.8) is 0 Å². The summed E-state index contributed by atoms with van der Waals surface area (Å²) in [6.45, 7) is 11.5. The van der Waals surface area contributed by atoms with Crippen LogP contribution in [0.15, 0.2) is 18.2 Å². The quantitative estimate of drug-likeness (QED) is 0.123. The second-order valence-electron chi connectivity index (χ2n) is 10.9. The van der Waals surface area contributed by atoms with Gasteiger partial charge in [-0.25, -0.2) is 4.98 Å². The summed E-state index contributed by atoms with van der Waals surface area (Å²) in [5, 5.41) is 13.2. The van der Waals surface area contributed by atoms with Crippen LogP contribution in [0.1, 0.15) is 107 Å². The number of aliphatic hydroxyl groups excluding tert-OH is 1. The van der Waals surface area contributed by atoms with Crippen molar-refractivity contribution in [3.8, 4) is 107 Å². The maximum Gasteiger partial charge on any atom is 0.227 e. The van der Waals surface area contributed by atoms with Crippen molar-refractivity contribution in [2.24, 2.45) is 5.41 Å². The zero-order chi connectivity index (χ0) is 37.6. The molecular formula is C40H58N6O4. The molecule has 1 heterocycles. The molecule has 1 fully saturated rings. The Balaban J connectivity index is -0.0000000620. The van der Waals surface area contributed by atoms with E-state index in [1.54, 1.807) is 18.8 Å². The summed E-state index contributed by atoms with van der Waals surface area (Å²) in [5.41, 5.74) is 15.0. The molecule has 272 valence electrons. The number of rotatable bonds is 5. The van der Waals surface area contributed by atoms with Gasteiger partial charge in [0, 0.05) is 38.1 Å². The van der Waals surface area contributed by atoms with E-state index in [0.29, 0.717) is 24.8 Å². The Kier molecular flexibility index (Phi) is 22.5. The van der Waals surface area contributed by atoms with E-state index in [-0.39, 0.29) is 27.0 Å². The van der Waals surface area contributed by atoms with Crippen LogP contribution < -0.4 is 5.32 Å². The molecule has 50 heavy (non-hydrogen) atoms. The number of imidazole rings is 1. The van der Waals surface area contributed by atoms with Crippen LogP contribution in [0.3, 0.4) is 0 Å². The van der Waals surface area contributed by atoms with E-state index in [2.05, 4.69) is 142 Å². The predicted octanol–water partition coefficient (Wildman–Crippen LogP) is 9.28. The van der Waals surface area contributed by atoms with Gasteiger partial charge in [0.15, 0.2) is 0 Å². The third-order valence-electron chi connectivity index (χ3n) is 6.05. The van der Waals surface area contributed by atoms with Gasteiger partial charge in [-0.15, -0.1) is 5.53 Å². The van der Waals surface area contributed by atoms with Crippen LogP contribution >= 0.6 is 0 Å². The molecule has 1 amide bonds. The average molecular weight is 687 g/mol. The maximum atomic E-state index is 12.4. The molecule has 10 heteroatoms. The van der Waals surface area contributed by atoms with Crippen LogP contribution in [-0.4, -0.2) is 20.6 Å². The number of amides is 1. The molecule has 3 N–H and O–H groups in total. The third-order valence-corrected chi connectivity index (χ3v) is 6.05. The fourth-order valence-corrected chi connectivity index (χ4v) is 3.87. The van der Waals surface area contributed by atoms with E-state index >= 15 is 0 Å². The molecule has 1 aliphatic carbocycles. The Morgan fingerprint density at radius 1 is 0.940 bits per heavy atom. The van der Waals surface area contributed by atoms with E-state index < -0.39 is 6.10 Å². The van der Waals surface area contributed by atoms with Crippen molar-refractivity contribution >= 4 is 22.9 Å². The van der Waals surface area contributed by atoms with Crippen LogP contribution in [0.5, 0.6) is 0 Å². The standard InChI is InChI=1S/C20H29N3O2.C20H6.HN3.O2.11H2/c1-5-17(24)13-9-10-15-16(11-13)23(14-7-6-8-14)19(21-15)22-18(25)12-20(2,3)4;1-3-5-7-9-11-13-15-17-19-20-18-16-14-12-10-8-6-4-2;1-3-2;1-2;;;;;;;;;;;/h9-11,14,17,24H,5-8,12H2,1-4H3,(H,21,22,25);1-2H3;1H;;11*1H. The topological polar surface area (TPSA) is 162 Å². The Bertz CT molecular complexity index is 2060. The molecule has 0 saturated heterocycles. The number of fused-ring (bicyclic) bond motifs is 1. The van der Waals surface area contributed by atoms with Gasteiger partial charge in [-0.05, 0) is 168 Å². The van der Waals surface area contributed by atoms with Gasteiger partial charge in [0.05, 0.1) is 17.1 Å². The van der Waals surface area contributed by atoms with E-state index in [4.69, 9.17) is 21.0 Å². The third kappa shape index (κ3) is 18.3. The first-order valence-corrected chi connectivity index (χ1v) is 15.1. The molecule has 3 rings (SSSR count). The molecule has 1 saturated carbocycles. The average Bonchev–Trinajstić information content (AvgIpc) is 3.40. The first kappa shape index (κ1) is 43.1. The van der Waals surface area contributed by atoms with Crippen molar-refractivity contribution in [2.75, 3.05) is 5.32 Å². The summed E-state index contributed by atoms with van der Waals surface area (Å²) >= 11 is 0. The van der Waals surface area contributed by atoms with Crippen molar-refractivity contribution in [1.82, 2.24) is 9.55 Å². The van der Waals surface area contributed by atoms with Crippen LogP contribution in [0.4, 0.5) is 5.95 Å². The molecule has 10 nitrogen and oxygen atoms in total. The molecule has 1 aromatic heterocycles. The molecule has 1 aliphatic rings. The summed E-state index contributed by atoms with van der Waals surface area (Å²) in [4.78, 5) is 32.8. The Morgan fingerprint density at radius 2 is 1.36 bits per heavy atom. The zero-order valence-corrected chi connectivity index (χ0v) is 28.9. The molecule has 0 bridgehead atoms. The van der Waals surface area contributed by atoms with Gasteiger partial charge in [0.25, 0.3) is 0 Å². The number of hydrogen-bond donors (Lipinski definition) is 3. The van der Waals surface area contributed by atoms with Crippen molar-refractivity contribution in [1.29, 1.82) is 5.53 Å². The molecule has 1 unspecified atom stereocenters. The lowest BCUT2D eigenvalue weighted by molar-refractivity contribution is -0.117. The predicted molar refractivity (Wildman–Crippen MR) is 221 cm³/mol. The number of benzene rings is 1. The fourth-order valence-electron chi connectivity index (χ4n) is 3.87. The second-order valence-corrected chi connectivity index (χ2v) is 10.9. The molecule has 0 radical (unpaired) electrons. The maximum absolute atomic E-state index is 12.4. The highest BCUT2D eigenvalue weighted by atomic mass is 16.7. The van der Waals surface area contributed by atoms with Crippen LogP contribution in [0.25, 0.3) is 21.5 Å². The first-order chi connectivity index (χ1) is 24.1. The van der Waals surface area contributed by atoms with Crippen LogP contribution in [0, 0.1) is 127 Å². The number of nitrogens with one attached hydrogen (secondary N) is 2. The van der Waals surface area contributed by atoms with E-state index in [9.17, 15) is 9.90 Å². The monoisotopic (exact) mass is 686 g/mol. The number of hydrogen-bond acceptors (Lipinski definition) is 6. The van der Waals surface area contributed by atoms with Gasteiger partial charge in [0.2, 0.25) is 11.9 Å². The smallest absolute Gasteiger partial charge is 0.227 e. The Labute approximate surface area is 310 Å². The number of aromatic nitrogens is 2. The lowest BCUT2D eigenvalue weighted by Crippen LogP contribution is -2.24. The Hall–Kier alpha value is -6.93. The van der Waals surface area contributed by atoms with E-state index in [1.807, 2.05) is 25.1 Å². The highest BCUT2D eigenvalue weighted by molar-refractivity contribution is 5.92. The second kappa shape index (κ2) is 26.2. The minimum absolute atomic E-state index is 0. The van der Waals surface area contributed by atoms with Crippen LogP contribution in [0.2, 0.25) is 0 Å². The SMILES string of the molecule is CC#CC#CC#CC#CC#CC#CC#CC#CC#CC.CCC(O)c1ccc2nc(NC(=O)CC(C)(C)C)n(C3CCC3)c2c1.O=O.[HH].[HH].[HH].[HH].[HH].[HH].[HH].[HH].[HH].[HH].[HH].[N-]=[N+]=N. The largest absolute Gasteiger partial charge is 0.388 e. The lowest BCUT2D eigenvalue weighted by Gasteiger charge is -2.29.